The molecule has 108 valence electrons. The molecule has 0 N–H and O–H groups in total. The van der Waals surface area contributed by atoms with Gasteiger partial charge in [0, 0.05) is 34.1 Å². The van der Waals surface area contributed by atoms with Crippen LogP contribution in [0.3, 0.4) is 0 Å². The molecular weight excluding hydrogens is 290 g/mol. The Kier molecular flexibility index (Phi) is 4.56. The first kappa shape index (κ1) is 14.4. The number of carbonyl (C=O) groups is 1. The second-order valence-corrected chi connectivity index (χ2v) is 6.11. The van der Waals surface area contributed by atoms with Crippen molar-refractivity contribution in [3.05, 3.63) is 93.9 Å². The molecule has 0 aliphatic carbocycles. The molecule has 1 aromatic carbocycles. The van der Waals surface area contributed by atoms with Crippen LogP contribution in [0.25, 0.3) is 6.08 Å². The molecule has 3 rings (SSSR count). The minimum Gasteiger partial charge on any atom is -0.289 e. The number of thiophene rings is 1. The Morgan fingerprint density at radius 2 is 1.91 bits per heavy atom. The first-order valence-electron chi connectivity index (χ1n) is 7.06. The smallest absolute Gasteiger partial charge is 0.187 e. The lowest BCUT2D eigenvalue weighted by Gasteiger charge is -1.96. The Hall–Kier alpha value is -2.52. The summed E-state index contributed by atoms with van der Waals surface area (Å²) in [5, 5.41) is 0. The van der Waals surface area contributed by atoms with Crippen molar-refractivity contribution < 1.29 is 4.79 Å². The van der Waals surface area contributed by atoms with Crippen LogP contribution in [0.1, 0.15) is 25.7 Å². The summed E-state index contributed by atoms with van der Waals surface area (Å²) in [6, 6.07) is 18.1. The van der Waals surface area contributed by atoms with E-state index in [9.17, 15) is 4.79 Å². The van der Waals surface area contributed by atoms with Crippen LogP contribution in [0.15, 0.2) is 73.1 Å². The summed E-state index contributed by atoms with van der Waals surface area (Å²) >= 11 is 1.71. The molecule has 0 saturated heterocycles. The van der Waals surface area contributed by atoms with Crippen LogP contribution in [0.2, 0.25) is 0 Å². The third kappa shape index (κ3) is 3.77. The van der Waals surface area contributed by atoms with Crippen LogP contribution >= 0.6 is 11.3 Å². The average Bonchev–Trinajstić information content (AvgIpc) is 3.02. The van der Waals surface area contributed by atoms with E-state index in [0.717, 1.165) is 11.3 Å². The Morgan fingerprint density at radius 1 is 1.05 bits per heavy atom. The van der Waals surface area contributed by atoms with E-state index in [4.69, 9.17) is 0 Å². The fourth-order valence-corrected chi connectivity index (χ4v) is 3.09. The van der Waals surface area contributed by atoms with Gasteiger partial charge in [0.15, 0.2) is 5.78 Å². The minimum atomic E-state index is -0.0221. The van der Waals surface area contributed by atoms with Crippen molar-refractivity contribution in [1.82, 2.24) is 4.98 Å². The summed E-state index contributed by atoms with van der Waals surface area (Å²) in [6.45, 7) is 0. The van der Waals surface area contributed by atoms with Crippen molar-refractivity contribution >= 4 is 23.2 Å². The predicted octanol–water partition coefficient (Wildman–Crippen LogP) is 4.63. The lowest BCUT2D eigenvalue weighted by molar-refractivity contribution is 0.104. The predicted molar refractivity (Wildman–Crippen MR) is 91.2 cm³/mol. The van der Waals surface area contributed by atoms with E-state index >= 15 is 0 Å². The molecule has 0 fully saturated rings. The lowest BCUT2D eigenvalue weighted by atomic mass is 10.1. The molecule has 3 heteroatoms. The number of hydrogen-bond donors (Lipinski definition) is 0. The molecule has 2 heterocycles. The number of nitrogens with zero attached hydrogens (tertiary/aromatic N) is 1. The van der Waals surface area contributed by atoms with Crippen molar-refractivity contribution in [1.29, 1.82) is 0 Å². The molecule has 0 aliphatic heterocycles. The zero-order chi connectivity index (χ0) is 15.2. The summed E-state index contributed by atoms with van der Waals surface area (Å²) in [7, 11) is 0. The Morgan fingerprint density at radius 3 is 2.68 bits per heavy atom. The maximum atomic E-state index is 12.0. The van der Waals surface area contributed by atoms with Crippen molar-refractivity contribution in [3.8, 4) is 0 Å². The van der Waals surface area contributed by atoms with E-state index in [1.165, 1.54) is 10.4 Å². The van der Waals surface area contributed by atoms with Gasteiger partial charge in [-0.05, 0) is 42.0 Å². The molecule has 2 aromatic heterocycles. The third-order valence-electron chi connectivity index (χ3n) is 3.25. The van der Waals surface area contributed by atoms with Gasteiger partial charge in [-0.1, -0.05) is 30.3 Å². The Labute approximate surface area is 133 Å². The second-order valence-electron chi connectivity index (χ2n) is 4.91. The lowest BCUT2D eigenvalue weighted by Crippen LogP contribution is -1.93. The summed E-state index contributed by atoms with van der Waals surface area (Å²) in [6.07, 6.45) is 7.65. The molecule has 0 saturated carbocycles. The molecule has 0 atom stereocenters. The maximum absolute atomic E-state index is 12.0. The van der Waals surface area contributed by atoms with Gasteiger partial charge in [-0.15, -0.1) is 11.3 Å². The molecular formula is C19H15NOS. The van der Waals surface area contributed by atoms with Crippen LogP contribution in [0.5, 0.6) is 0 Å². The van der Waals surface area contributed by atoms with Gasteiger partial charge in [0.2, 0.25) is 0 Å². The van der Waals surface area contributed by atoms with Crippen LogP contribution < -0.4 is 0 Å². The topological polar surface area (TPSA) is 30.0 Å². The van der Waals surface area contributed by atoms with Crippen LogP contribution in [-0.4, -0.2) is 10.8 Å². The highest BCUT2D eigenvalue weighted by molar-refractivity contribution is 7.12. The normalized spacial score (nSPS) is 10.9. The third-order valence-corrected chi connectivity index (χ3v) is 4.30. The van der Waals surface area contributed by atoms with Gasteiger partial charge in [0.1, 0.15) is 0 Å². The SMILES string of the molecule is O=C(/C=C/c1ccc(Cc2ccccc2)s1)c1cccnc1. The monoisotopic (exact) mass is 305 g/mol. The quantitative estimate of drug-likeness (QED) is 0.508. The number of pyridine rings is 1. The number of rotatable bonds is 5. The fourth-order valence-electron chi connectivity index (χ4n) is 2.14. The fraction of sp³-hybridized carbons (Fsp3) is 0.0526. The van der Waals surface area contributed by atoms with Gasteiger partial charge in [-0.2, -0.15) is 0 Å². The highest BCUT2D eigenvalue weighted by Crippen LogP contribution is 2.21. The number of ketones is 1. The zero-order valence-corrected chi connectivity index (χ0v) is 12.8. The number of aromatic nitrogens is 1. The average molecular weight is 305 g/mol. The standard InChI is InChI=1S/C19H15NOS/c21-19(16-7-4-12-20-14-16)11-10-17-8-9-18(22-17)13-15-5-2-1-3-6-15/h1-12,14H,13H2/b11-10+. The van der Waals surface area contributed by atoms with E-state index in [1.54, 1.807) is 41.9 Å². The number of allylic oxidation sites excluding steroid dienone is 1. The van der Waals surface area contributed by atoms with Gasteiger partial charge in [-0.25, -0.2) is 0 Å². The highest BCUT2D eigenvalue weighted by Gasteiger charge is 2.02. The van der Waals surface area contributed by atoms with Gasteiger partial charge < -0.3 is 0 Å². The Bertz CT molecular complexity index is 775. The Balaban J connectivity index is 1.67. The minimum absolute atomic E-state index is 0.0221. The van der Waals surface area contributed by atoms with Crippen LogP contribution in [-0.2, 0) is 6.42 Å². The highest BCUT2D eigenvalue weighted by atomic mass is 32.1. The van der Waals surface area contributed by atoms with Gasteiger partial charge in [-0.3, -0.25) is 9.78 Å². The van der Waals surface area contributed by atoms with Gasteiger partial charge in [0.05, 0.1) is 0 Å². The molecule has 0 radical (unpaired) electrons. The molecule has 3 aromatic rings. The van der Waals surface area contributed by atoms with Gasteiger partial charge in [0.25, 0.3) is 0 Å². The molecule has 0 bridgehead atoms. The molecule has 2 nitrogen and oxygen atoms in total. The van der Waals surface area contributed by atoms with Gasteiger partial charge >= 0.3 is 0 Å². The number of hydrogen-bond acceptors (Lipinski definition) is 3. The van der Waals surface area contributed by atoms with E-state index in [-0.39, 0.29) is 5.78 Å². The summed E-state index contributed by atoms with van der Waals surface area (Å²) < 4.78 is 0. The zero-order valence-electron chi connectivity index (χ0n) is 12.0. The molecule has 0 amide bonds. The first-order valence-corrected chi connectivity index (χ1v) is 7.88. The van der Waals surface area contributed by atoms with Crippen molar-refractivity contribution in [3.63, 3.8) is 0 Å². The summed E-state index contributed by atoms with van der Waals surface area (Å²) in [5.74, 6) is -0.0221. The van der Waals surface area contributed by atoms with Crippen LogP contribution in [0, 0.1) is 0 Å². The van der Waals surface area contributed by atoms with E-state index < -0.39 is 0 Å². The van der Waals surface area contributed by atoms with Crippen LogP contribution in [0.4, 0.5) is 0 Å². The molecule has 0 aliphatic rings. The number of benzene rings is 1. The largest absolute Gasteiger partial charge is 0.289 e. The molecule has 22 heavy (non-hydrogen) atoms. The number of carbonyl (C=O) groups excluding carboxylic acids is 1. The molecule has 0 unspecified atom stereocenters. The van der Waals surface area contributed by atoms with E-state index in [1.807, 2.05) is 12.1 Å². The van der Waals surface area contributed by atoms with Crippen molar-refractivity contribution in [2.75, 3.05) is 0 Å². The second kappa shape index (κ2) is 6.96. The van der Waals surface area contributed by atoms with E-state index in [2.05, 4.69) is 41.4 Å². The summed E-state index contributed by atoms with van der Waals surface area (Å²) in [5.41, 5.74) is 1.91. The van der Waals surface area contributed by atoms with E-state index in [0.29, 0.717) is 5.56 Å². The van der Waals surface area contributed by atoms with Crippen molar-refractivity contribution in [2.45, 2.75) is 6.42 Å². The summed E-state index contributed by atoms with van der Waals surface area (Å²) in [4.78, 5) is 18.3. The van der Waals surface area contributed by atoms with Crippen molar-refractivity contribution in [2.24, 2.45) is 0 Å². The molecule has 0 spiro atoms. The maximum Gasteiger partial charge on any atom is 0.187 e. The first-order chi connectivity index (χ1) is 10.8.